The predicted octanol–water partition coefficient (Wildman–Crippen LogP) is 2.24. The maximum absolute atomic E-state index is 13.0. The summed E-state index contributed by atoms with van der Waals surface area (Å²) in [6.45, 7) is 0. The summed E-state index contributed by atoms with van der Waals surface area (Å²) in [6, 6.07) is 4.66. The first-order chi connectivity index (χ1) is 5.66. The first-order valence-corrected chi connectivity index (χ1v) is 4.05. The van der Waals surface area contributed by atoms with E-state index >= 15 is 0 Å². The minimum atomic E-state index is -0.433. The molecule has 0 radical (unpaired) electrons. The van der Waals surface area contributed by atoms with E-state index in [9.17, 15) is 4.39 Å². The van der Waals surface area contributed by atoms with Crippen LogP contribution >= 0.6 is 15.9 Å². The van der Waals surface area contributed by atoms with Crippen LogP contribution in [0, 0.1) is 17.1 Å². The number of hydrogen-bond acceptors (Lipinski definition) is 2. The SMILES string of the molecule is N#CCc1c(F)ccc(Br)c1N. The molecule has 0 saturated heterocycles. The van der Waals surface area contributed by atoms with Gasteiger partial charge in [-0.25, -0.2) is 4.39 Å². The van der Waals surface area contributed by atoms with Crippen LogP contribution < -0.4 is 5.73 Å². The number of nitrogens with zero attached hydrogens (tertiary/aromatic N) is 1. The lowest BCUT2D eigenvalue weighted by Crippen LogP contribution is -1.98. The highest BCUT2D eigenvalue weighted by Crippen LogP contribution is 2.25. The molecule has 0 amide bonds. The highest BCUT2D eigenvalue weighted by Gasteiger charge is 2.08. The molecule has 0 heterocycles. The minimum Gasteiger partial charge on any atom is -0.397 e. The number of hydrogen-bond donors (Lipinski definition) is 1. The van der Waals surface area contributed by atoms with Gasteiger partial charge in [0.2, 0.25) is 0 Å². The summed E-state index contributed by atoms with van der Waals surface area (Å²) in [6.07, 6.45) is -0.00287. The number of anilines is 1. The van der Waals surface area contributed by atoms with Gasteiger partial charge in [-0.2, -0.15) is 5.26 Å². The fourth-order valence-electron chi connectivity index (χ4n) is 0.868. The first kappa shape index (κ1) is 9.01. The molecular weight excluding hydrogens is 223 g/mol. The normalized spacial score (nSPS) is 9.42. The summed E-state index contributed by atoms with van der Waals surface area (Å²) in [5.74, 6) is -0.433. The van der Waals surface area contributed by atoms with Crippen LogP contribution in [0.15, 0.2) is 16.6 Å². The molecule has 1 aromatic rings. The van der Waals surface area contributed by atoms with Crippen LogP contribution in [-0.4, -0.2) is 0 Å². The maximum atomic E-state index is 13.0. The molecule has 0 aliphatic rings. The molecule has 1 rings (SSSR count). The van der Waals surface area contributed by atoms with Gasteiger partial charge >= 0.3 is 0 Å². The van der Waals surface area contributed by atoms with Gasteiger partial charge in [-0.1, -0.05) is 0 Å². The van der Waals surface area contributed by atoms with Crippen molar-refractivity contribution in [1.82, 2.24) is 0 Å². The summed E-state index contributed by atoms with van der Waals surface area (Å²) in [5.41, 5.74) is 6.09. The second-order valence-electron chi connectivity index (χ2n) is 2.26. The Morgan fingerprint density at radius 3 is 2.83 bits per heavy atom. The number of rotatable bonds is 1. The van der Waals surface area contributed by atoms with Crippen LogP contribution in [0.25, 0.3) is 0 Å². The van der Waals surface area contributed by atoms with Crippen molar-refractivity contribution in [2.24, 2.45) is 0 Å². The Kier molecular flexibility index (Phi) is 2.66. The van der Waals surface area contributed by atoms with Gasteiger partial charge in [0.15, 0.2) is 0 Å². The van der Waals surface area contributed by atoms with E-state index < -0.39 is 5.82 Å². The average molecular weight is 229 g/mol. The molecule has 2 N–H and O–H groups in total. The average Bonchev–Trinajstić information content (AvgIpc) is 2.06. The molecule has 0 unspecified atom stereocenters. The van der Waals surface area contributed by atoms with Crippen molar-refractivity contribution >= 4 is 21.6 Å². The van der Waals surface area contributed by atoms with Crippen molar-refractivity contribution in [2.75, 3.05) is 5.73 Å². The Hall–Kier alpha value is -1.08. The summed E-state index contributed by atoms with van der Waals surface area (Å²) >= 11 is 3.15. The van der Waals surface area contributed by atoms with Crippen LogP contribution in [0.3, 0.4) is 0 Å². The van der Waals surface area contributed by atoms with E-state index in [2.05, 4.69) is 15.9 Å². The van der Waals surface area contributed by atoms with Crippen molar-refractivity contribution in [3.8, 4) is 6.07 Å². The van der Waals surface area contributed by atoms with Crippen LogP contribution in [0.5, 0.6) is 0 Å². The second kappa shape index (κ2) is 3.55. The zero-order valence-corrected chi connectivity index (χ0v) is 7.73. The largest absolute Gasteiger partial charge is 0.397 e. The molecule has 62 valence electrons. The van der Waals surface area contributed by atoms with Crippen LogP contribution in [0.1, 0.15) is 5.56 Å². The van der Waals surface area contributed by atoms with Crippen molar-refractivity contribution in [2.45, 2.75) is 6.42 Å². The van der Waals surface area contributed by atoms with Crippen molar-refractivity contribution in [3.05, 3.63) is 28.0 Å². The van der Waals surface area contributed by atoms with E-state index in [1.165, 1.54) is 12.1 Å². The summed E-state index contributed by atoms with van der Waals surface area (Å²) < 4.78 is 13.6. The molecule has 2 nitrogen and oxygen atoms in total. The number of halogens is 2. The number of benzene rings is 1. The van der Waals surface area contributed by atoms with E-state index in [0.29, 0.717) is 10.2 Å². The maximum Gasteiger partial charge on any atom is 0.129 e. The van der Waals surface area contributed by atoms with Gasteiger partial charge in [-0.3, -0.25) is 0 Å². The van der Waals surface area contributed by atoms with Gasteiger partial charge in [-0.05, 0) is 28.1 Å². The Balaban J connectivity index is 3.25. The van der Waals surface area contributed by atoms with Crippen LogP contribution in [0.4, 0.5) is 10.1 Å². The molecule has 0 spiro atoms. The molecule has 0 fully saturated rings. The van der Waals surface area contributed by atoms with E-state index in [1.54, 1.807) is 0 Å². The van der Waals surface area contributed by atoms with Gasteiger partial charge in [-0.15, -0.1) is 0 Å². The molecule has 0 atom stereocenters. The molecule has 0 aromatic heterocycles. The zero-order chi connectivity index (χ0) is 9.14. The molecule has 0 saturated carbocycles. The van der Waals surface area contributed by atoms with E-state index in [4.69, 9.17) is 11.0 Å². The van der Waals surface area contributed by atoms with Gasteiger partial charge in [0.05, 0.1) is 18.2 Å². The topological polar surface area (TPSA) is 49.8 Å². The first-order valence-electron chi connectivity index (χ1n) is 3.26. The second-order valence-corrected chi connectivity index (χ2v) is 3.11. The van der Waals surface area contributed by atoms with Crippen molar-refractivity contribution < 1.29 is 4.39 Å². The number of nitriles is 1. The van der Waals surface area contributed by atoms with E-state index in [0.717, 1.165) is 0 Å². The van der Waals surface area contributed by atoms with Crippen molar-refractivity contribution in [1.29, 1.82) is 5.26 Å². The fourth-order valence-corrected chi connectivity index (χ4v) is 1.24. The summed E-state index contributed by atoms with van der Waals surface area (Å²) in [7, 11) is 0. The monoisotopic (exact) mass is 228 g/mol. The fraction of sp³-hybridized carbons (Fsp3) is 0.125. The molecule has 1 aromatic carbocycles. The Bertz CT molecular complexity index is 344. The van der Waals surface area contributed by atoms with E-state index in [-0.39, 0.29) is 12.0 Å². The Morgan fingerprint density at radius 1 is 1.58 bits per heavy atom. The highest BCUT2D eigenvalue weighted by molar-refractivity contribution is 9.10. The third-order valence-corrected chi connectivity index (χ3v) is 2.19. The van der Waals surface area contributed by atoms with Gasteiger partial charge in [0.1, 0.15) is 5.82 Å². The molecule has 0 aliphatic carbocycles. The van der Waals surface area contributed by atoms with Crippen LogP contribution in [-0.2, 0) is 6.42 Å². The lowest BCUT2D eigenvalue weighted by Gasteiger charge is -2.04. The number of nitrogen functional groups attached to an aromatic ring is 1. The lowest BCUT2D eigenvalue weighted by atomic mass is 10.1. The lowest BCUT2D eigenvalue weighted by molar-refractivity contribution is 0.616. The molecule has 4 heteroatoms. The Labute approximate surface area is 77.9 Å². The van der Waals surface area contributed by atoms with E-state index in [1.807, 2.05) is 6.07 Å². The molecular formula is C8H6BrFN2. The molecule has 0 bridgehead atoms. The van der Waals surface area contributed by atoms with Gasteiger partial charge in [0.25, 0.3) is 0 Å². The van der Waals surface area contributed by atoms with Gasteiger partial charge in [0, 0.05) is 10.0 Å². The summed E-state index contributed by atoms with van der Waals surface area (Å²) in [4.78, 5) is 0. The summed E-state index contributed by atoms with van der Waals surface area (Å²) in [5, 5.41) is 8.37. The quantitative estimate of drug-likeness (QED) is 0.750. The number of nitrogens with two attached hydrogens (primary N) is 1. The predicted molar refractivity (Wildman–Crippen MR) is 47.8 cm³/mol. The zero-order valence-electron chi connectivity index (χ0n) is 6.14. The highest BCUT2D eigenvalue weighted by atomic mass is 79.9. The minimum absolute atomic E-state index is 0.00287. The van der Waals surface area contributed by atoms with Crippen molar-refractivity contribution in [3.63, 3.8) is 0 Å². The third kappa shape index (κ3) is 1.56. The molecule has 0 aliphatic heterocycles. The van der Waals surface area contributed by atoms with Gasteiger partial charge < -0.3 is 5.73 Å². The smallest absolute Gasteiger partial charge is 0.129 e. The van der Waals surface area contributed by atoms with Crippen LogP contribution in [0.2, 0.25) is 0 Å². The standard InChI is InChI=1S/C8H6BrFN2/c9-6-1-2-7(10)5(3-4-11)8(6)12/h1-2H,3,12H2. The molecule has 12 heavy (non-hydrogen) atoms. The third-order valence-electron chi connectivity index (χ3n) is 1.50. The Morgan fingerprint density at radius 2 is 2.25 bits per heavy atom.